The van der Waals surface area contributed by atoms with Gasteiger partial charge in [-0.3, -0.25) is 4.79 Å². The van der Waals surface area contributed by atoms with Gasteiger partial charge in [0.05, 0.1) is 12.4 Å². The van der Waals surface area contributed by atoms with E-state index >= 15 is 0 Å². The number of nitrogens with zero attached hydrogens (tertiary/aromatic N) is 6. The first kappa shape index (κ1) is 19.7. The Kier molecular flexibility index (Phi) is 5.05. The Morgan fingerprint density at radius 3 is 3.00 bits per heavy atom. The number of hydrogen-bond acceptors (Lipinski definition) is 7. The number of hydrogen-bond donors (Lipinski definition) is 2. The Bertz CT molecular complexity index is 1110. The maximum absolute atomic E-state index is 13.2. The van der Waals surface area contributed by atoms with Gasteiger partial charge in [-0.25, -0.2) is 9.50 Å². The van der Waals surface area contributed by atoms with Gasteiger partial charge in [0.1, 0.15) is 11.3 Å². The minimum absolute atomic E-state index is 0.133. The fourth-order valence-corrected chi connectivity index (χ4v) is 5.09. The van der Waals surface area contributed by atoms with E-state index in [1.165, 1.54) is 12.8 Å². The molecule has 2 N–H and O–H groups in total. The van der Waals surface area contributed by atoms with Gasteiger partial charge in [-0.2, -0.15) is 4.98 Å². The molecule has 2 saturated heterocycles. The lowest BCUT2D eigenvalue weighted by molar-refractivity contribution is -0.121. The summed E-state index contributed by atoms with van der Waals surface area (Å²) in [5, 5.41) is 11.6. The maximum Gasteiger partial charge on any atom is 0.246 e. The SMILES string of the molecule is O=C(CC1CCCNC1)[C@@H]1CCCN1c1nc(Nc2cn(C3CC3)cn2)c2cccn2n1. The van der Waals surface area contributed by atoms with Crippen LogP contribution in [0.4, 0.5) is 17.6 Å². The molecule has 1 saturated carbocycles. The van der Waals surface area contributed by atoms with Crippen LogP contribution >= 0.6 is 0 Å². The summed E-state index contributed by atoms with van der Waals surface area (Å²) >= 11 is 0. The minimum Gasteiger partial charge on any atom is -0.332 e. The number of nitrogens with one attached hydrogen (secondary N) is 2. The third-order valence-corrected chi connectivity index (χ3v) is 6.97. The summed E-state index contributed by atoms with van der Waals surface area (Å²) in [6.45, 7) is 2.83. The molecule has 9 heteroatoms. The monoisotopic (exact) mass is 434 g/mol. The third kappa shape index (κ3) is 3.85. The lowest BCUT2D eigenvalue weighted by Gasteiger charge is -2.27. The molecule has 0 amide bonds. The Hall–Kier alpha value is -2.94. The predicted molar refractivity (Wildman–Crippen MR) is 122 cm³/mol. The molecule has 1 aliphatic carbocycles. The van der Waals surface area contributed by atoms with Crippen molar-refractivity contribution in [1.82, 2.24) is 29.5 Å². The van der Waals surface area contributed by atoms with Gasteiger partial charge >= 0.3 is 0 Å². The van der Waals surface area contributed by atoms with E-state index in [4.69, 9.17) is 10.1 Å². The number of carbonyl (C=O) groups is 1. The van der Waals surface area contributed by atoms with Crippen LogP contribution in [0.3, 0.4) is 0 Å². The lowest BCUT2D eigenvalue weighted by Crippen LogP contribution is -2.40. The fraction of sp³-hybridized carbons (Fsp3) is 0.565. The number of anilines is 3. The molecule has 3 aromatic heterocycles. The minimum atomic E-state index is -0.133. The largest absolute Gasteiger partial charge is 0.332 e. The zero-order valence-corrected chi connectivity index (χ0v) is 18.3. The van der Waals surface area contributed by atoms with E-state index in [9.17, 15) is 4.79 Å². The smallest absolute Gasteiger partial charge is 0.246 e. The topological polar surface area (TPSA) is 92.4 Å². The fourth-order valence-electron chi connectivity index (χ4n) is 5.09. The van der Waals surface area contributed by atoms with Gasteiger partial charge in [-0.1, -0.05) is 0 Å². The van der Waals surface area contributed by atoms with Gasteiger partial charge in [0.2, 0.25) is 5.95 Å². The van der Waals surface area contributed by atoms with Crippen molar-refractivity contribution < 1.29 is 4.79 Å². The summed E-state index contributed by atoms with van der Waals surface area (Å²) in [4.78, 5) is 24.7. The van der Waals surface area contributed by atoms with Crippen LogP contribution in [0.2, 0.25) is 0 Å². The van der Waals surface area contributed by atoms with Crippen molar-refractivity contribution in [1.29, 1.82) is 0 Å². The van der Waals surface area contributed by atoms with Crippen molar-refractivity contribution in [2.24, 2.45) is 5.92 Å². The Morgan fingerprint density at radius 2 is 2.16 bits per heavy atom. The molecule has 2 atom stereocenters. The Balaban J connectivity index is 1.25. The molecule has 0 spiro atoms. The molecule has 6 rings (SSSR count). The van der Waals surface area contributed by atoms with Crippen molar-refractivity contribution in [2.45, 2.75) is 57.0 Å². The zero-order valence-electron chi connectivity index (χ0n) is 18.3. The van der Waals surface area contributed by atoms with Crippen LogP contribution in [0.15, 0.2) is 30.9 Å². The van der Waals surface area contributed by atoms with E-state index in [1.54, 1.807) is 0 Å². The van der Waals surface area contributed by atoms with E-state index in [0.29, 0.717) is 30.1 Å². The summed E-state index contributed by atoms with van der Waals surface area (Å²) in [5.74, 6) is 2.88. The normalized spacial score (nSPS) is 23.7. The van der Waals surface area contributed by atoms with E-state index in [2.05, 4.69) is 25.1 Å². The molecule has 5 heterocycles. The number of fused-ring (bicyclic) bond motifs is 1. The van der Waals surface area contributed by atoms with Gasteiger partial charge in [0.15, 0.2) is 11.6 Å². The zero-order chi connectivity index (χ0) is 21.5. The second-order valence-electron chi connectivity index (χ2n) is 9.39. The first-order valence-electron chi connectivity index (χ1n) is 11.9. The molecular weight excluding hydrogens is 404 g/mol. The van der Waals surface area contributed by atoms with Crippen LogP contribution in [0.5, 0.6) is 0 Å². The number of ketones is 1. The average molecular weight is 435 g/mol. The van der Waals surface area contributed by atoms with Gasteiger partial charge in [-0.15, -0.1) is 5.10 Å². The maximum atomic E-state index is 13.2. The van der Waals surface area contributed by atoms with Gasteiger partial charge in [0.25, 0.3) is 0 Å². The molecule has 0 aromatic carbocycles. The Labute approximate surface area is 187 Å². The highest BCUT2D eigenvalue weighted by molar-refractivity contribution is 5.87. The molecule has 0 radical (unpaired) electrons. The lowest BCUT2D eigenvalue weighted by atomic mass is 9.91. The van der Waals surface area contributed by atoms with Crippen LogP contribution < -0.4 is 15.5 Å². The molecule has 3 aliphatic rings. The average Bonchev–Trinajstić information content (AvgIpc) is 3.20. The van der Waals surface area contributed by atoms with Crippen LogP contribution in [-0.4, -0.2) is 55.6 Å². The van der Waals surface area contributed by atoms with Crippen molar-refractivity contribution in [3.05, 3.63) is 30.9 Å². The Morgan fingerprint density at radius 1 is 1.22 bits per heavy atom. The summed E-state index contributed by atoms with van der Waals surface area (Å²) in [7, 11) is 0. The number of rotatable bonds is 7. The number of imidazole rings is 1. The van der Waals surface area contributed by atoms with Gasteiger partial charge < -0.3 is 20.1 Å². The first-order valence-corrected chi connectivity index (χ1v) is 11.9. The number of carbonyl (C=O) groups excluding carboxylic acids is 1. The van der Waals surface area contributed by atoms with Crippen LogP contribution in [0, 0.1) is 5.92 Å². The molecule has 2 aliphatic heterocycles. The highest BCUT2D eigenvalue weighted by Crippen LogP contribution is 2.35. The van der Waals surface area contributed by atoms with Gasteiger partial charge in [-0.05, 0) is 69.7 Å². The number of Topliss-reactive ketones (excluding diaryl/α,β-unsaturated/α-hetero) is 1. The second-order valence-corrected chi connectivity index (χ2v) is 9.39. The third-order valence-electron chi connectivity index (χ3n) is 6.97. The molecule has 3 fully saturated rings. The van der Waals surface area contributed by atoms with Gasteiger partial charge in [0, 0.05) is 31.4 Å². The first-order chi connectivity index (χ1) is 15.7. The molecule has 3 aromatic rings. The number of aromatic nitrogens is 5. The predicted octanol–water partition coefficient (Wildman–Crippen LogP) is 2.93. The van der Waals surface area contributed by atoms with E-state index in [-0.39, 0.29) is 6.04 Å². The summed E-state index contributed by atoms with van der Waals surface area (Å²) in [5.41, 5.74) is 0.894. The number of piperidine rings is 1. The molecule has 168 valence electrons. The van der Waals surface area contributed by atoms with E-state index in [0.717, 1.165) is 62.5 Å². The standard InChI is InChI=1S/C23H30N8O/c32-20(12-16-4-1-9-24-13-16)18-5-2-10-30(18)23-27-22(19-6-3-11-31(19)28-23)26-21-14-29(15-25-21)17-7-8-17/h3,6,11,14-18,24H,1-2,4-5,7-10,12-13H2,(H,26,27,28)/t16?,18-/m0/s1. The van der Waals surface area contributed by atoms with E-state index in [1.807, 2.05) is 35.4 Å². The highest BCUT2D eigenvalue weighted by Gasteiger charge is 2.34. The van der Waals surface area contributed by atoms with Crippen molar-refractivity contribution in [3.63, 3.8) is 0 Å². The van der Waals surface area contributed by atoms with Crippen molar-refractivity contribution >= 4 is 28.9 Å². The molecule has 9 nitrogen and oxygen atoms in total. The van der Waals surface area contributed by atoms with E-state index < -0.39 is 0 Å². The van der Waals surface area contributed by atoms with Crippen LogP contribution in [0.1, 0.15) is 51.0 Å². The molecular formula is C23H30N8O. The quantitative estimate of drug-likeness (QED) is 0.591. The molecule has 1 unspecified atom stereocenters. The van der Waals surface area contributed by atoms with Crippen LogP contribution in [0.25, 0.3) is 5.52 Å². The van der Waals surface area contributed by atoms with Crippen molar-refractivity contribution in [2.75, 3.05) is 29.9 Å². The molecule has 0 bridgehead atoms. The highest BCUT2D eigenvalue weighted by atomic mass is 16.1. The van der Waals surface area contributed by atoms with Crippen molar-refractivity contribution in [3.8, 4) is 0 Å². The second kappa shape index (κ2) is 8.20. The summed E-state index contributed by atoms with van der Waals surface area (Å²) in [6, 6.07) is 4.41. The summed E-state index contributed by atoms with van der Waals surface area (Å²) < 4.78 is 4.00. The van der Waals surface area contributed by atoms with Crippen LogP contribution in [-0.2, 0) is 4.79 Å². The summed E-state index contributed by atoms with van der Waals surface area (Å²) in [6.07, 6.45) is 13.1. The molecule has 32 heavy (non-hydrogen) atoms.